The van der Waals surface area contributed by atoms with E-state index in [-0.39, 0.29) is 5.97 Å². The molecule has 1 saturated heterocycles. The molecule has 7 heavy (non-hydrogen) atoms. The van der Waals surface area contributed by atoms with Crippen LogP contribution in [0, 0.1) is 0 Å². The third kappa shape index (κ3) is 0.899. The van der Waals surface area contributed by atoms with E-state index in [0.717, 1.165) is 0 Å². The van der Waals surface area contributed by atoms with Gasteiger partial charge in [0.2, 0.25) is 6.29 Å². The van der Waals surface area contributed by atoms with Crippen LogP contribution in [0.1, 0.15) is 12.8 Å². The van der Waals surface area contributed by atoms with E-state index in [9.17, 15) is 9.90 Å². The average Bonchev–Trinajstić information content (AvgIpc) is 1.87. The number of carbonyl (C=O) groups is 1. The summed E-state index contributed by atoms with van der Waals surface area (Å²) in [5.41, 5.74) is 0. The Morgan fingerprint density at radius 3 is 2.57 bits per heavy atom. The zero-order chi connectivity index (χ0) is 5.28. The molecule has 1 rings (SSSR count). The van der Waals surface area contributed by atoms with Gasteiger partial charge in [0.25, 0.3) is 0 Å². The summed E-state index contributed by atoms with van der Waals surface area (Å²) < 4.78 is 4.17. The number of carbonyl (C=O) groups excluding carboxylic acids is 1. The van der Waals surface area contributed by atoms with Crippen molar-refractivity contribution in [2.45, 2.75) is 19.1 Å². The SMILES string of the molecule is [O]C1CCC(=O)O1. The summed E-state index contributed by atoms with van der Waals surface area (Å²) in [6, 6.07) is 0. The number of esters is 1. The molecule has 1 atom stereocenters. The summed E-state index contributed by atoms with van der Waals surface area (Å²) in [7, 11) is 0. The third-order valence-electron chi connectivity index (χ3n) is 0.847. The maximum Gasteiger partial charge on any atom is 0.308 e. The molecular formula is C4H5O3. The lowest BCUT2D eigenvalue weighted by atomic mass is 10.4. The molecule has 0 aromatic carbocycles. The second kappa shape index (κ2) is 1.50. The first kappa shape index (κ1) is 4.59. The van der Waals surface area contributed by atoms with Crippen LogP contribution in [0.15, 0.2) is 0 Å². The molecule has 0 aliphatic carbocycles. The predicted octanol–water partition coefficient (Wildman–Crippen LogP) is 0.0800. The van der Waals surface area contributed by atoms with E-state index >= 15 is 0 Å². The molecule has 1 radical (unpaired) electrons. The van der Waals surface area contributed by atoms with E-state index in [1.807, 2.05) is 0 Å². The van der Waals surface area contributed by atoms with E-state index in [0.29, 0.717) is 12.8 Å². The fourth-order valence-corrected chi connectivity index (χ4v) is 0.500. The first-order chi connectivity index (χ1) is 3.29. The van der Waals surface area contributed by atoms with Gasteiger partial charge in [0, 0.05) is 6.42 Å². The molecular weight excluding hydrogens is 96.0 g/mol. The quantitative estimate of drug-likeness (QED) is 0.405. The average molecular weight is 101 g/mol. The molecule has 1 fully saturated rings. The van der Waals surface area contributed by atoms with Crippen molar-refractivity contribution in [1.82, 2.24) is 0 Å². The maximum atomic E-state index is 10.1. The van der Waals surface area contributed by atoms with Crippen molar-refractivity contribution in [3.63, 3.8) is 0 Å². The number of hydrogen-bond donors (Lipinski definition) is 0. The summed E-state index contributed by atoms with van der Waals surface area (Å²) in [5, 5.41) is 10.1. The lowest BCUT2D eigenvalue weighted by Crippen LogP contribution is -2.01. The summed E-state index contributed by atoms with van der Waals surface area (Å²) in [6.45, 7) is 0. The maximum absolute atomic E-state index is 10.1. The van der Waals surface area contributed by atoms with Crippen LogP contribution in [0.4, 0.5) is 0 Å². The molecule has 0 N–H and O–H groups in total. The van der Waals surface area contributed by atoms with E-state index in [1.54, 1.807) is 0 Å². The van der Waals surface area contributed by atoms with Crippen molar-refractivity contribution < 1.29 is 14.6 Å². The van der Waals surface area contributed by atoms with Crippen LogP contribution in [-0.2, 0) is 14.6 Å². The third-order valence-corrected chi connectivity index (χ3v) is 0.847. The van der Waals surface area contributed by atoms with Gasteiger partial charge in [-0.2, -0.15) is 5.11 Å². The molecule has 1 heterocycles. The Morgan fingerprint density at radius 2 is 2.43 bits per heavy atom. The Labute approximate surface area is 40.9 Å². The number of hydrogen-bond acceptors (Lipinski definition) is 2. The Kier molecular flexibility index (Phi) is 0.982. The standard InChI is InChI=1S/C4H5O3/c5-3-1-2-4(6)7-3/h3H,1-2H2. The minimum absolute atomic E-state index is 0.300. The van der Waals surface area contributed by atoms with Gasteiger partial charge in [-0.15, -0.1) is 0 Å². The molecule has 0 saturated carbocycles. The molecule has 39 valence electrons. The van der Waals surface area contributed by atoms with Crippen LogP contribution < -0.4 is 0 Å². The lowest BCUT2D eigenvalue weighted by Gasteiger charge is -1.91. The molecule has 0 aromatic rings. The van der Waals surface area contributed by atoms with Gasteiger partial charge in [-0.25, -0.2) is 0 Å². The minimum atomic E-state index is -1.08. The number of cyclic esters (lactones) is 1. The highest BCUT2D eigenvalue weighted by Crippen LogP contribution is 2.09. The van der Waals surface area contributed by atoms with Gasteiger partial charge in [-0.3, -0.25) is 4.79 Å². The highest BCUT2D eigenvalue weighted by atomic mass is 16.6. The second-order valence-electron chi connectivity index (χ2n) is 1.46. The van der Waals surface area contributed by atoms with Gasteiger partial charge < -0.3 is 4.74 Å². The van der Waals surface area contributed by atoms with E-state index < -0.39 is 6.29 Å². The van der Waals surface area contributed by atoms with Gasteiger partial charge in [0.05, 0.1) is 6.42 Å². The molecule has 0 aromatic heterocycles. The summed E-state index contributed by atoms with van der Waals surface area (Å²) in [4.78, 5) is 10.0. The largest absolute Gasteiger partial charge is 0.433 e. The highest BCUT2D eigenvalue weighted by molar-refractivity contribution is 5.71. The van der Waals surface area contributed by atoms with Crippen molar-refractivity contribution in [2.24, 2.45) is 0 Å². The van der Waals surface area contributed by atoms with Gasteiger partial charge in [0.1, 0.15) is 0 Å². The van der Waals surface area contributed by atoms with Crippen molar-refractivity contribution in [2.75, 3.05) is 0 Å². The molecule has 1 aliphatic heterocycles. The van der Waals surface area contributed by atoms with Crippen molar-refractivity contribution in [1.29, 1.82) is 0 Å². The van der Waals surface area contributed by atoms with Gasteiger partial charge >= 0.3 is 5.97 Å². The zero-order valence-electron chi connectivity index (χ0n) is 3.72. The van der Waals surface area contributed by atoms with Crippen LogP contribution >= 0.6 is 0 Å². The van der Waals surface area contributed by atoms with E-state index in [2.05, 4.69) is 4.74 Å². The van der Waals surface area contributed by atoms with E-state index in [4.69, 9.17) is 0 Å². The summed E-state index contributed by atoms with van der Waals surface area (Å²) >= 11 is 0. The van der Waals surface area contributed by atoms with Crippen LogP contribution in [0.2, 0.25) is 0 Å². The fourth-order valence-electron chi connectivity index (χ4n) is 0.500. The Morgan fingerprint density at radius 1 is 1.71 bits per heavy atom. The van der Waals surface area contributed by atoms with Gasteiger partial charge in [0.15, 0.2) is 0 Å². The van der Waals surface area contributed by atoms with Gasteiger partial charge in [-0.1, -0.05) is 0 Å². The number of ether oxygens (including phenoxy) is 1. The van der Waals surface area contributed by atoms with Crippen LogP contribution in [-0.4, -0.2) is 12.3 Å². The van der Waals surface area contributed by atoms with E-state index in [1.165, 1.54) is 0 Å². The predicted molar refractivity (Wildman–Crippen MR) is 19.8 cm³/mol. The normalized spacial score (nSPS) is 30.4. The topological polar surface area (TPSA) is 46.2 Å². The Hall–Kier alpha value is -0.570. The Balaban J connectivity index is 2.40. The summed E-state index contributed by atoms with van der Waals surface area (Å²) in [5.74, 6) is -0.361. The molecule has 0 spiro atoms. The molecule has 3 heteroatoms. The smallest absolute Gasteiger partial charge is 0.308 e. The zero-order valence-corrected chi connectivity index (χ0v) is 3.72. The minimum Gasteiger partial charge on any atom is -0.433 e. The molecule has 0 bridgehead atoms. The molecule has 1 aliphatic rings. The van der Waals surface area contributed by atoms with Crippen LogP contribution in [0.5, 0.6) is 0 Å². The first-order valence-corrected chi connectivity index (χ1v) is 2.14. The Bertz CT molecular complexity index is 88.9. The van der Waals surface area contributed by atoms with Gasteiger partial charge in [-0.05, 0) is 0 Å². The fraction of sp³-hybridized carbons (Fsp3) is 0.750. The second-order valence-corrected chi connectivity index (χ2v) is 1.46. The van der Waals surface area contributed by atoms with Crippen LogP contribution in [0.3, 0.4) is 0 Å². The molecule has 1 unspecified atom stereocenters. The summed E-state index contributed by atoms with van der Waals surface area (Å²) in [6.07, 6.45) is -0.431. The molecule has 0 amide bonds. The van der Waals surface area contributed by atoms with Crippen LogP contribution in [0.25, 0.3) is 0 Å². The highest BCUT2D eigenvalue weighted by Gasteiger charge is 2.21. The molecule has 3 nitrogen and oxygen atoms in total. The van der Waals surface area contributed by atoms with Crippen molar-refractivity contribution in [3.8, 4) is 0 Å². The monoisotopic (exact) mass is 101 g/mol. The van der Waals surface area contributed by atoms with Crippen molar-refractivity contribution >= 4 is 5.97 Å². The first-order valence-electron chi connectivity index (χ1n) is 2.14. The number of rotatable bonds is 0. The lowest BCUT2D eigenvalue weighted by molar-refractivity contribution is -0.161. The van der Waals surface area contributed by atoms with Crippen molar-refractivity contribution in [3.05, 3.63) is 0 Å².